The van der Waals surface area contributed by atoms with Crippen molar-refractivity contribution in [1.29, 1.82) is 0 Å². The number of furan rings is 1. The number of thiocarbonyl (C=S) groups is 1. The van der Waals surface area contributed by atoms with Gasteiger partial charge in [0.15, 0.2) is 5.11 Å². The molecule has 0 bridgehead atoms. The number of rotatable bonds is 3. The fourth-order valence-corrected chi connectivity index (χ4v) is 2.90. The summed E-state index contributed by atoms with van der Waals surface area (Å²) in [4.78, 5) is 0. The summed E-state index contributed by atoms with van der Waals surface area (Å²) in [5, 5.41) is 10.4. The van der Waals surface area contributed by atoms with E-state index in [0.29, 0.717) is 5.11 Å². The number of nitrogens with zero attached hydrogens (tertiary/aromatic N) is 2. The lowest BCUT2D eigenvalue weighted by atomic mass is 10.0. The number of benzene rings is 1. The van der Waals surface area contributed by atoms with E-state index in [-0.39, 0.29) is 6.04 Å². The van der Waals surface area contributed by atoms with Gasteiger partial charge < -0.3 is 9.73 Å². The maximum atomic E-state index is 5.81. The van der Waals surface area contributed by atoms with Crippen molar-refractivity contribution < 1.29 is 4.42 Å². The van der Waals surface area contributed by atoms with E-state index in [1.54, 1.807) is 0 Å². The van der Waals surface area contributed by atoms with Crippen LogP contribution in [0.1, 0.15) is 36.5 Å². The molecule has 1 atom stereocenters. The molecule has 3 rings (SSSR count). The zero-order chi connectivity index (χ0) is 15.5. The van der Waals surface area contributed by atoms with E-state index in [9.17, 15) is 0 Å². The molecule has 2 heterocycles. The second kappa shape index (κ2) is 6.32. The van der Waals surface area contributed by atoms with Crippen molar-refractivity contribution in [3.8, 4) is 0 Å². The highest BCUT2D eigenvalue weighted by Gasteiger charge is 2.33. The lowest BCUT2D eigenvalue weighted by Gasteiger charge is -2.22. The van der Waals surface area contributed by atoms with Gasteiger partial charge in [-0.15, -0.1) is 0 Å². The largest absolute Gasteiger partial charge is 0.464 e. The third-order valence-electron chi connectivity index (χ3n) is 3.64. The van der Waals surface area contributed by atoms with Crippen LogP contribution in [0, 0.1) is 6.92 Å². The van der Waals surface area contributed by atoms with Gasteiger partial charge in [0.05, 0.1) is 5.71 Å². The second-order valence-electron chi connectivity index (χ2n) is 5.26. The Balaban J connectivity index is 1.92. The molecule has 0 amide bonds. The van der Waals surface area contributed by atoms with Gasteiger partial charge in [-0.1, -0.05) is 30.3 Å². The van der Waals surface area contributed by atoms with Crippen LogP contribution in [0.3, 0.4) is 0 Å². The molecule has 2 aromatic rings. The Morgan fingerprint density at radius 1 is 1.32 bits per heavy atom. The van der Waals surface area contributed by atoms with Crippen molar-refractivity contribution in [2.45, 2.75) is 26.3 Å². The molecule has 114 valence electrons. The molecule has 1 aliphatic heterocycles. The Bertz CT molecular complexity index is 693. The fourth-order valence-electron chi connectivity index (χ4n) is 2.59. The molecular formula is C17H19N3OS. The van der Waals surface area contributed by atoms with Crippen LogP contribution in [0.15, 0.2) is 52.0 Å². The molecule has 4 nitrogen and oxygen atoms in total. The minimum atomic E-state index is 0.00968. The van der Waals surface area contributed by atoms with Crippen LogP contribution >= 0.6 is 12.2 Å². The van der Waals surface area contributed by atoms with E-state index in [1.165, 1.54) is 0 Å². The molecule has 1 aromatic carbocycles. The highest BCUT2D eigenvalue weighted by atomic mass is 32.1. The minimum absolute atomic E-state index is 0.00968. The van der Waals surface area contributed by atoms with Crippen LogP contribution in [-0.4, -0.2) is 22.4 Å². The first-order valence-corrected chi connectivity index (χ1v) is 7.86. The Labute approximate surface area is 135 Å². The number of aryl methyl sites for hydroxylation is 1. The van der Waals surface area contributed by atoms with Gasteiger partial charge in [-0.3, -0.25) is 0 Å². The number of hydrogen-bond acceptors (Lipinski definition) is 3. The van der Waals surface area contributed by atoms with Crippen molar-refractivity contribution in [1.82, 2.24) is 10.3 Å². The molecule has 0 spiro atoms. The van der Waals surface area contributed by atoms with Crippen molar-refractivity contribution in [3.63, 3.8) is 0 Å². The normalized spacial score (nSPS) is 17.5. The van der Waals surface area contributed by atoms with Crippen molar-refractivity contribution in [3.05, 3.63) is 59.5 Å². The third-order valence-corrected chi connectivity index (χ3v) is 3.97. The van der Waals surface area contributed by atoms with Crippen LogP contribution in [0.5, 0.6) is 0 Å². The van der Waals surface area contributed by atoms with Crippen molar-refractivity contribution >= 4 is 23.0 Å². The van der Waals surface area contributed by atoms with Crippen LogP contribution in [0.25, 0.3) is 0 Å². The number of nitrogens with one attached hydrogen (secondary N) is 1. The Kier molecular flexibility index (Phi) is 4.24. The molecule has 0 unspecified atom stereocenters. The Morgan fingerprint density at radius 2 is 2.09 bits per heavy atom. The molecule has 1 aliphatic rings. The molecule has 1 aromatic heterocycles. The summed E-state index contributed by atoms with van der Waals surface area (Å²) in [6.07, 6.45) is 0.780. The summed E-state index contributed by atoms with van der Waals surface area (Å²) in [6.45, 7) is 4.75. The molecule has 5 heteroatoms. The van der Waals surface area contributed by atoms with E-state index >= 15 is 0 Å². The SMILES string of the molecule is CCNC(=S)N1N=C(c2ccccc2)C[C@@H]1c1ccc(C)o1. The van der Waals surface area contributed by atoms with Gasteiger partial charge in [0.2, 0.25) is 0 Å². The first-order valence-electron chi connectivity index (χ1n) is 7.45. The first-order chi connectivity index (χ1) is 10.7. The van der Waals surface area contributed by atoms with Gasteiger partial charge in [0.1, 0.15) is 17.6 Å². The van der Waals surface area contributed by atoms with Gasteiger partial charge in [0, 0.05) is 13.0 Å². The van der Waals surface area contributed by atoms with Gasteiger partial charge in [-0.25, -0.2) is 5.01 Å². The smallest absolute Gasteiger partial charge is 0.190 e. The van der Waals surface area contributed by atoms with E-state index in [2.05, 4.69) is 17.4 Å². The molecule has 0 saturated heterocycles. The lowest BCUT2D eigenvalue weighted by molar-refractivity contribution is 0.306. The zero-order valence-corrected chi connectivity index (χ0v) is 13.6. The third kappa shape index (κ3) is 2.90. The van der Waals surface area contributed by atoms with Gasteiger partial charge in [0.25, 0.3) is 0 Å². The first kappa shape index (κ1) is 14.8. The molecule has 0 saturated carbocycles. The topological polar surface area (TPSA) is 40.8 Å². The van der Waals surface area contributed by atoms with Crippen molar-refractivity contribution in [2.75, 3.05) is 6.54 Å². The van der Waals surface area contributed by atoms with Crippen LogP contribution < -0.4 is 5.32 Å². The average Bonchev–Trinajstić information content (AvgIpc) is 3.14. The summed E-state index contributed by atoms with van der Waals surface area (Å²) in [5.41, 5.74) is 2.15. The number of hydrogen-bond donors (Lipinski definition) is 1. The molecule has 22 heavy (non-hydrogen) atoms. The summed E-state index contributed by atoms with van der Waals surface area (Å²) >= 11 is 5.47. The van der Waals surface area contributed by atoms with E-state index < -0.39 is 0 Å². The lowest BCUT2D eigenvalue weighted by Crippen LogP contribution is -2.36. The highest BCUT2D eigenvalue weighted by molar-refractivity contribution is 7.80. The highest BCUT2D eigenvalue weighted by Crippen LogP contribution is 2.33. The average molecular weight is 313 g/mol. The fraction of sp³-hybridized carbons (Fsp3) is 0.294. The quantitative estimate of drug-likeness (QED) is 0.879. The molecular weight excluding hydrogens is 294 g/mol. The number of hydrazone groups is 1. The molecule has 1 N–H and O–H groups in total. The summed E-state index contributed by atoms with van der Waals surface area (Å²) in [5.74, 6) is 1.80. The summed E-state index contributed by atoms with van der Waals surface area (Å²) in [6, 6.07) is 14.2. The van der Waals surface area contributed by atoms with E-state index in [0.717, 1.165) is 35.8 Å². The predicted molar refractivity (Wildman–Crippen MR) is 91.9 cm³/mol. The zero-order valence-electron chi connectivity index (χ0n) is 12.7. The molecule has 0 radical (unpaired) electrons. The van der Waals surface area contributed by atoms with Crippen LogP contribution in [0.4, 0.5) is 0 Å². The van der Waals surface area contributed by atoms with Crippen LogP contribution in [0.2, 0.25) is 0 Å². The summed E-state index contributed by atoms with van der Waals surface area (Å²) in [7, 11) is 0. The van der Waals surface area contributed by atoms with Gasteiger partial charge >= 0.3 is 0 Å². The van der Waals surface area contributed by atoms with Gasteiger partial charge in [-0.2, -0.15) is 5.10 Å². The minimum Gasteiger partial charge on any atom is -0.464 e. The Morgan fingerprint density at radius 3 is 2.73 bits per heavy atom. The van der Waals surface area contributed by atoms with Crippen LogP contribution in [-0.2, 0) is 0 Å². The molecule has 0 aliphatic carbocycles. The van der Waals surface area contributed by atoms with E-state index in [1.807, 2.05) is 49.2 Å². The molecule has 0 fully saturated rings. The standard InChI is InChI=1S/C17H19N3OS/c1-3-18-17(22)20-15(16-10-9-12(2)21-16)11-14(19-20)13-7-5-4-6-8-13/h4-10,15H,3,11H2,1-2H3,(H,18,22)/t15-/m1/s1. The predicted octanol–water partition coefficient (Wildman–Crippen LogP) is 3.63. The van der Waals surface area contributed by atoms with E-state index in [4.69, 9.17) is 21.7 Å². The maximum Gasteiger partial charge on any atom is 0.190 e. The maximum absolute atomic E-state index is 5.81. The monoisotopic (exact) mass is 313 g/mol. The Hall–Kier alpha value is -2.14. The van der Waals surface area contributed by atoms with Gasteiger partial charge in [-0.05, 0) is 43.8 Å². The second-order valence-corrected chi connectivity index (χ2v) is 5.65. The summed E-state index contributed by atoms with van der Waals surface area (Å²) < 4.78 is 5.81. The van der Waals surface area contributed by atoms with Crippen molar-refractivity contribution in [2.24, 2.45) is 5.10 Å².